The molecule has 0 heterocycles. The highest BCUT2D eigenvalue weighted by atomic mass is 79.9. The number of hydrogen-bond acceptors (Lipinski definition) is 1. The minimum Gasteiger partial charge on any atom is -0.507 e. The zero-order valence-electron chi connectivity index (χ0n) is 7.56. The predicted octanol–water partition coefficient (Wildman–Crippen LogP) is 3.59. The van der Waals surface area contributed by atoms with E-state index in [0.717, 1.165) is 15.6 Å². The van der Waals surface area contributed by atoms with Gasteiger partial charge in [-0.25, -0.2) is 0 Å². The van der Waals surface area contributed by atoms with Crippen LogP contribution in [0.25, 0.3) is 0 Å². The molecule has 0 fully saturated rings. The molecule has 0 atom stereocenters. The first kappa shape index (κ1) is 9.59. The van der Waals surface area contributed by atoms with Crippen LogP contribution < -0.4 is 0 Å². The Morgan fingerprint density at radius 2 is 1.92 bits per heavy atom. The Bertz CT molecular complexity index is 292. The van der Waals surface area contributed by atoms with Crippen molar-refractivity contribution >= 4 is 15.9 Å². The van der Waals surface area contributed by atoms with Crippen molar-refractivity contribution in [2.45, 2.75) is 26.7 Å². The fourth-order valence-electron chi connectivity index (χ4n) is 1.16. The lowest BCUT2D eigenvalue weighted by atomic mass is 10.00. The second-order valence-electron chi connectivity index (χ2n) is 3.26. The van der Waals surface area contributed by atoms with Crippen molar-refractivity contribution in [3.05, 3.63) is 27.7 Å². The Morgan fingerprint density at radius 1 is 1.33 bits per heavy atom. The van der Waals surface area contributed by atoms with Crippen molar-refractivity contribution in [2.24, 2.45) is 0 Å². The molecule has 0 aliphatic rings. The molecule has 0 aromatic heterocycles. The first-order chi connectivity index (χ1) is 5.54. The van der Waals surface area contributed by atoms with E-state index < -0.39 is 0 Å². The van der Waals surface area contributed by atoms with Gasteiger partial charge in [-0.15, -0.1) is 0 Å². The fourth-order valence-corrected chi connectivity index (χ4v) is 1.48. The molecule has 1 rings (SSSR count). The first-order valence-corrected chi connectivity index (χ1v) is 4.81. The van der Waals surface area contributed by atoms with Gasteiger partial charge >= 0.3 is 0 Å². The third-order valence-electron chi connectivity index (χ3n) is 2.02. The van der Waals surface area contributed by atoms with Gasteiger partial charge in [0.1, 0.15) is 5.75 Å². The number of rotatable bonds is 1. The Labute approximate surface area is 81.6 Å². The summed E-state index contributed by atoms with van der Waals surface area (Å²) in [5.74, 6) is 0.788. The van der Waals surface area contributed by atoms with Gasteiger partial charge in [0.25, 0.3) is 0 Å². The van der Waals surface area contributed by atoms with Crippen LogP contribution >= 0.6 is 15.9 Å². The van der Waals surface area contributed by atoms with Crippen molar-refractivity contribution in [3.8, 4) is 5.75 Å². The van der Waals surface area contributed by atoms with Gasteiger partial charge in [0, 0.05) is 10.0 Å². The summed E-state index contributed by atoms with van der Waals surface area (Å²) in [6.45, 7) is 6.05. The molecule has 12 heavy (non-hydrogen) atoms. The molecule has 0 spiro atoms. The van der Waals surface area contributed by atoms with Gasteiger partial charge in [-0.05, 0) is 24.5 Å². The van der Waals surface area contributed by atoms with Gasteiger partial charge in [-0.2, -0.15) is 0 Å². The molecule has 0 saturated carbocycles. The van der Waals surface area contributed by atoms with E-state index in [-0.39, 0.29) is 0 Å². The molecule has 1 aromatic rings. The number of halogens is 1. The highest BCUT2D eigenvalue weighted by Gasteiger charge is 2.09. The molecule has 66 valence electrons. The van der Waals surface area contributed by atoms with Gasteiger partial charge in [-0.3, -0.25) is 0 Å². The molecule has 0 bridgehead atoms. The molecule has 0 radical (unpaired) electrons. The van der Waals surface area contributed by atoms with E-state index in [9.17, 15) is 5.11 Å². The second kappa shape index (κ2) is 3.48. The van der Waals surface area contributed by atoms with Crippen molar-refractivity contribution in [3.63, 3.8) is 0 Å². The lowest BCUT2D eigenvalue weighted by Crippen LogP contribution is -1.90. The maximum Gasteiger partial charge on any atom is 0.123 e. The van der Waals surface area contributed by atoms with Gasteiger partial charge in [0.05, 0.1) is 0 Å². The molecule has 0 saturated heterocycles. The van der Waals surface area contributed by atoms with Crippen LogP contribution in [0, 0.1) is 6.92 Å². The molecule has 0 aliphatic heterocycles. The number of hydrogen-bond donors (Lipinski definition) is 1. The third kappa shape index (κ3) is 1.63. The van der Waals surface area contributed by atoms with Crippen LogP contribution in [0.1, 0.15) is 30.9 Å². The summed E-state index contributed by atoms with van der Waals surface area (Å²) in [5, 5.41) is 9.72. The molecule has 1 nitrogen and oxygen atoms in total. The average Bonchev–Trinajstić information content (AvgIpc) is 2.00. The fraction of sp³-hybridized carbons (Fsp3) is 0.400. The van der Waals surface area contributed by atoms with Gasteiger partial charge in [0.15, 0.2) is 0 Å². The lowest BCUT2D eigenvalue weighted by Gasteiger charge is -2.11. The summed E-state index contributed by atoms with van der Waals surface area (Å²) >= 11 is 3.37. The standard InChI is InChI=1S/C10H13BrO/c1-6(2)8-4-5-9(11)7(3)10(8)12/h4-6,12H,1-3H3. The van der Waals surface area contributed by atoms with E-state index in [1.807, 2.05) is 19.1 Å². The van der Waals surface area contributed by atoms with Crippen LogP contribution in [0.3, 0.4) is 0 Å². The molecule has 1 N–H and O–H groups in total. The van der Waals surface area contributed by atoms with Crippen LogP contribution in [0.2, 0.25) is 0 Å². The summed E-state index contributed by atoms with van der Waals surface area (Å²) in [6.07, 6.45) is 0. The van der Waals surface area contributed by atoms with Crippen LogP contribution in [-0.2, 0) is 0 Å². The minimum atomic E-state index is 0.372. The van der Waals surface area contributed by atoms with Crippen molar-refractivity contribution < 1.29 is 5.11 Å². The quantitative estimate of drug-likeness (QED) is 0.780. The Kier molecular flexibility index (Phi) is 2.78. The monoisotopic (exact) mass is 228 g/mol. The van der Waals surface area contributed by atoms with E-state index >= 15 is 0 Å². The summed E-state index contributed by atoms with van der Waals surface area (Å²) in [5.41, 5.74) is 1.93. The zero-order valence-corrected chi connectivity index (χ0v) is 9.14. The molecular formula is C10H13BrO. The second-order valence-corrected chi connectivity index (χ2v) is 4.12. The normalized spacial score (nSPS) is 10.8. The van der Waals surface area contributed by atoms with Crippen molar-refractivity contribution in [1.29, 1.82) is 0 Å². The Morgan fingerprint density at radius 3 is 2.42 bits per heavy atom. The largest absolute Gasteiger partial charge is 0.507 e. The maximum atomic E-state index is 9.72. The molecule has 0 aliphatic carbocycles. The maximum absolute atomic E-state index is 9.72. The number of benzene rings is 1. The minimum absolute atomic E-state index is 0.372. The molecule has 0 amide bonds. The van der Waals surface area contributed by atoms with Gasteiger partial charge in [-0.1, -0.05) is 35.8 Å². The number of phenols is 1. The van der Waals surface area contributed by atoms with E-state index in [2.05, 4.69) is 29.8 Å². The first-order valence-electron chi connectivity index (χ1n) is 4.02. The Hall–Kier alpha value is -0.500. The smallest absolute Gasteiger partial charge is 0.123 e. The molecule has 1 aromatic carbocycles. The average molecular weight is 229 g/mol. The topological polar surface area (TPSA) is 20.2 Å². The summed E-state index contributed by atoms with van der Waals surface area (Å²) in [4.78, 5) is 0. The summed E-state index contributed by atoms with van der Waals surface area (Å²) in [7, 11) is 0. The van der Waals surface area contributed by atoms with Crippen LogP contribution in [0.15, 0.2) is 16.6 Å². The highest BCUT2D eigenvalue weighted by Crippen LogP contribution is 2.32. The van der Waals surface area contributed by atoms with Gasteiger partial charge < -0.3 is 5.11 Å². The number of aromatic hydroxyl groups is 1. The molecule has 2 heteroatoms. The zero-order chi connectivity index (χ0) is 9.30. The van der Waals surface area contributed by atoms with Crippen LogP contribution in [0.5, 0.6) is 5.75 Å². The summed E-state index contributed by atoms with van der Waals surface area (Å²) < 4.78 is 0.962. The van der Waals surface area contributed by atoms with Crippen LogP contribution in [-0.4, -0.2) is 5.11 Å². The van der Waals surface area contributed by atoms with Crippen molar-refractivity contribution in [1.82, 2.24) is 0 Å². The molecular weight excluding hydrogens is 216 g/mol. The van der Waals surface area contributed by atoms with E-state index in [1.54, 1.807) is 0 Å². The van der Waals surface area contributed by atoms with Gasteiger partial charge in [0.2, 0.25) is 0 Å². The van der Waals surface area contributed by atoms with Crippen LogP contribution in [0.4, 0.5) is 0 Å². The predicted molar refractivity (Wildman–Crippen MR) is 54.6 cm³/mol. The summed E-state index contributed by atoms with van der Waals surface area (Å²) in [6, 6.07) is 3.93. The Balaban J connectivity index is 3.27. The molecule has 0 unspecified atom stereocenters. The SMILES string of the molecule is Cc1c(Br)ccc(C(C)C)c1O. The third-order valence-corrected chi connectivity index (χ3v) is 2.88. The lowest BCUT2D eigenvalue weighted by molar-refractivity contribution is 0.460. The van der Waals surface area contributed by atoms with E-state index in [4.69, 9.17) is 0 Å². The van der Waals surface area contributed by atoms with E-state index in [1.165, 1.54) is 0 Å². The number of phenolic OH excluding ortho intramolecular Hbond substituents is 1. The van der Waals surface area contributed by atoms with E-state index in [0.29, 0.717) is 11.7 Å². The van der Waals surface area contributed by atoms with Crippen molar-refractivity contribution in [2.75, 3.05) is 0 Å². The highest BCUT2D eigenvalue weighted by molar-refractivity contribution is 9.10.